The topological polar surface area (TPSA) is 49.8 Å². The van der Waals surface area contributed by atoms with E-state index in [1.54, 1.807) is 6.08 Å². The van der Waals surface area contributed by atoms with Gasteiger partial charge in [0.15, 0.2) is 0 Å². The molecular weight excluding hydrogens is 254 g/mol. The van der Waals surface area contributed by atoms with Gasteiger partial charge in [-0.15, -0.1) is 0 Å². The van der Waals surface area contributed by atoms with Crippen molar-refractivity contribution in [3.05, 3.63) is 42.5 Å². The van der Waals surface area contributed by atoms with Gasteiger partial charge in [-0.05, 0) is 37.1 Å². The first-order valence-electron chi connectivity index (χ1n) is 6.97. The molecule has 0 bridgehead atoms. The van der Waals surface area contributed by atoms with Crippen LogP contribution >= 0.6 is 0 Å². The minimum atomic E-state index is -0.678. The molecule has 0 radical (unpaired) electrons. The molecule has 108 valence electrons. The second-order valence-electron chi connectivity index (χ2n) is 5.16. The fourth-order valence-electron chi connectivity index (χ4n) is 2.51. The highest BCUT2D eigenvalue weighted by molar-refractivity contribution is 5.70. The molecule has 1 aromatic carbocycles. The summed E-state index contributed by atoms with van der Waals surface area (Å²) in [7, 11) is 0. The summed E-state index contributed by atoms with van der Waals surface area (Å²) in [5.41, 5.74) is 1.18. The Balaban J connectivity index is 1.89. The van der Waals surface area contributed by atoms with Crippen LogP contribution in [0, 0.1) is 5.92 Å². The van der Waals surface area contributed by atoms with Crippen LogP contribution in [-0.2, 0) is 11.3 Å². The Morgan fingerprint density at radius 3 is 2.85 bits per heavy atom. The van der Waals surface area contributed by atoms with Gasteiger partial charge >= 0.3 is 5.97 Å². The Morgan fingerprint density at radius 1 is 1.45 bits per heavy atom. The highest BCUT2D eigenvalue weighted by atomic mass is 16.5. The van der Waals surface area contributed by atoms with E-state index in [9.17, 15) is 4.79 Å². The number of carboxylic acids is 1. The molecule has 1 aliphatic heterocycles. The third-order valence-electron chi connectivity index (χ3n) is 3.55. The van der Waals surface area contributed by atoms with E-state index in [0.717, 1.165) is 31.7 Å². The van der Waals surface area contributed by atoms with Gasteiger partial charge in [0, 0.05) is 13.1 Å². The summed E-state index contributed by atoms with van der Waals surface area (Å²) in [6.07, 6.45) is 3.46. The fourth-order valence-corrected chi connectivity index (χ4v) is 2.51. The smallest absolute Gasteiger partial charge is 0.307 e. The second-order valence-corrected chi connectivity index (χ2v) is 5.16. The molecule has 0 aliphatic carbocycles. The maximum atomic E-state index is 11.0. The Kier molecular flexibility index (Phi) is 5.18. The van der Waals surface area contributed by atoms with E-state index in [1.807, 2.05) is 24.3 Å². The molecule has 1 aliphatic rings. The van der Waals surface area contributed by atoms with Crippen molar-refractivity contribution in [2.24, 2.45) is 5.92 Å². The van der Waals surface area contributed by atoms with E-state index in [4.69, 9.17) is 9.84 Å². The monoisotopic (exact) mass is 275 g/mol. The lowest BCUT2D eigenvalue weighted by atomic mass is 9.98. The number of rotatable bonds is 6. The normalized spacial score (nSPS) is 19.5. The summed E-state index contributed by atoms with van der Waals surface area (Å²) >= 11 is 0. The zero-order valence-corrected chi connectivity index (χ0v) is 11.6. The first kappa shape index (κ1) is 14.6. The van der Waals surface area contributed by atoms with Gasteiger partial charge in [-0.1, -0.05) is 24.8 Å². The quantitative estimate of drug-likeness (QED) is 0.811. The number of ether oxygens (including phenoxy) is 1. The van der Waals surface area contributed by atoms with Crippen LogP contribution in [0.4, 0.5) is 0 Å². The van der Waals surface area contributed by atoms with Crippen molar-refractivity contribution in [1.29, 1.82) is 0 Å². The molecular formula is C16H21NO3. The van der Waals surface area contributed by atoms with E-state index in [0.29, 0.717) is 13.2 Å². The lowest BCUT2D eigenvalue weighted by Crippen LogP contribution is -2.38. The Bertz CT molecular complexity index is 455. The van der Waals surface area contributed by atoms with Gasteiger partial charge in [0.25, 0.3) is 0 Å². The van der Waals surface area contributed by atoms with Crippen molar-refractivity contribution in [2.75, 3.05) is 19.7 Å². The average Bonchev–Trinajstić information content (AvgIpc) is 2.47. The van der Waals surface area contributed by atoms with Gasteiger partial charge < -0.3 is 9.84 Å². The molecule has 4 nitrogen and oxygen atoms in total. The first-order valence-corrected chi connectivity index (χ1v) is 6.97. The Hall–Kier alpha value is -1.81. The first-order chi connectivity index (χ1) is 9.69. The van der Waals surface area contributed by atoms with Crippen LogP contribution in [-0.4, -0.2) is 35.7 Å². The van der Waals surface area contributed by atoms with Gasteiger partial charge in [0.2, 0.25) is 0 Å². The number of benzene rings is 1. The number of hydrogen-bond donors (Lipinski definition) is 1. The molecule has 4 heteroatoms. The molecule has 0 amide bonds. The third-order valence-corrected chi connectivity index (χ3v) is 3.55. The van der Waals surface area contributed by atoms with Crippen LogP contribution in [0.5, 0.6) is 5.75 Å². The minimum absolute atomic E-state index is 0.223. The number of nitrogens with zero attached hydrogens (tertiary/aromatic N) is 1. The molecule has 1 aromatic rings. The SMILES string of the molecule is C=CCOc1ccc(CN2CCCC(C(=O)O)C2)cc1. The summed E-state index contributed by atoms with van der Waals surface area (Å²) in [6.45, 7) is 6.53. The standard InChI is InChI=1S/C16H21NO3/c1-2-10-20-15-7-5-13(6-8-15)11-17-9-3-4-14(12-17)16(18)19/h2,5-8,14H,1,3-4,9-12H2,(H,18,19). The lowest BCUT2D eigenvalue weighted by Gasteiger charge is -2.30. The number of piperidine rings is 1. The van der Waals surface area contributed by atoms with Crippen LogP contribution in [0.1, 0.15) is 18.4 Å². The molecule has 1 saturated heterocycles. The highest BCUT2D eigenvalue weighted by Gasteiger charge is 2.25. The van der Waals surface area contributed by atoms with Crippen LogP contribution in [0.25, 0.3) is 0 Å². The zero-order valence-electron chi connectivity index (χ0n) is 11.6. The number of carboxylic acid groups (broad SMARTS) is 1. The minimum Gasteiger partial charge on any atom is -0.490 e. The lowest BCUT2D eigenvalue weighted by molar-refractivity contribution is -0.143. The van der Waals surface area contributed by atoms with Gasteiger partial charge in [0.05, 0.1) is 5.92 Å². The number of aliphatic carboxylic acids is 1. The second kappa shape index (κ2) is 7.10. The van der Waals surface area contributed by atoms with Gasteiger partial charge in [-0.3, -0.25) is 9.69 Å². The maximum absolute atomic E-state index is 11.0. The molecule has 1 unspecified atom stereocenters. The largest absolute Gasteiger partial charge is 0.490 e. The maximum Gasteiger partial charge on any atom is 0.307 e. The average molecular weight is 275 g/mol. The molecule has 0 aromatic heterocycles. The van der Waals surface area contributed by atoms with Crippen molar-refractivity contribution in [3.63, 3.8) is 0 Å². The van der Waals surface area contributed by atoms with Gasteiger partial charge in [0.1, 0.15) is 12.4 Å². The van der Waals surface area contributed by atoms with E-state index < -0.39 is 5.97 Å². The fraction of sp³-hybridized carbons (Fsp3) is 0.438. The number of carbonyl (C=O) groups is 1. The van der Waals surface area contributed by atoms with Crippen molar-refractivity contribution in [3.8, 4) is 5.75 Å². The summed E-state index contributed by atoms with van der Waals surface area (Å²) in [6, 6.07) is 7.94. The van der Waals surface area contributed by atoms with Crippen LogP contribution in [0.3, 0.4) is 0 Å². The molecule has 20 heavy (non-hydrogen) atoms. The Labute approximate surface area is 119 Å². The summed E-state index contributed by atoms with van der Waals surface area (Å²) in [4.78, 5) is 13.3. The van der Waals surface area contributed by atoms with E-state index in [1.165, 1.54) is 5.56 Å². The summed E-state index contributed by atoms with van der Waals surface area (Å²) < 4.78 is 5.44. The molecule has 1 fully saturated rings. The number of hydrogen-bond acceptors (Lipinski definition) is 3. The molecule has 0 saturated carbocycles. The van der Waals surface area contributed by atoms with Crippen molar-refractivity contribution < 1.29 is 14.6 Å². The third kappa shape index (κ3) is 4.10. The van der Waals surface area contributed by atoms with Crippen molar-refractivity contribution in [1.82, 2.24) is 4.90 Å². The van der Waals surface area contributed by atoms with E-state index in [2.05, 4.69) is 11.5 Å². The van der Waals surface area contributed by atoms with Gasteiger partial charge in [-0.25, -0.2) is 0 Å². The number of likely N-dealkylation sites (tertiary alicyclic amines) is 1. The summed E-state index contributed by atoms with van der Waals surface area (Å²) in [5, 5.41) is 9.09. The molecule has 1 atom stereocenters. The summed E-state index contributed by atoms with van der Waals surface area (Å²) in [5.74, 6) is -0.0717. The van der Waals surface area contributed by atoms with Gasteiger partial charge in [-0.2, -0.15) is 0 Å². The highest BCUT2D eigenvalue weighted by Crippen LogP contribution is 2.20. The molecule has 2 rings (SSSR count). The van der Waals surface area contributed by atoms with Crippen molar-refractivity contribution in [2.45, 2.75) is 19.4 Å². The van der Waals surface area contributed by atoms with Crippen LogP contribution < -0.4 is 4.74 Å². The van der Waals surface area contributed by atoms with E-state index >= 15 is 0 Å². The van der Waals surface area contributed by atoms with Crippen LogP contribution in [0.2, 0.25) is 0 Å². The molecule has 0 spiro atoms. The van der Waals surface area contributed by atoms with Crippen molar-refractivity contribution >= 4 is 5.97 Å². The molecule has 1 N–H and O–H groups in total. The predicted octanol–water partition coefficient (Wildman–Crippen LogP) is 2.55. The van der Waals surface area contributed by atoms with E-state index in [-0.39, 0.29) is 5.92 Å². The Morgan fingerprint density at radius 2 is 2.20 bits per heavy atom. The molecule has 1 heterocycles. The zero-order chi connectivity index (χ0) is 14.4. The predicted molar refractivity (Wildman–Crippen MR) is 77.8 cm³/mol. The van der Waals surface area contributed by atoms with Crippen LogP contribution in [0.15, 0.2) is 36.9 Å².